The van der Waals surface area contributed by atoms with Crippen LogP contribution in [0.15, 0.2) is 40.9 Å². The van der Waals surface area contributed by atoms with Crippen LogP contribution in [0.1, 0.15) is 29.8 Å². The molecule has 0 atom stereocenters. The van der Waals surface area contributed by atoms with E-state index < -0.39 is 5.41 Å². The van der Waals surface area contributed by atoms with E-state index >= 15 is 0 Å². The first-order valence-corrected chi connectivity index (χ1v) is 10.6. The van der Waals surface area contributed by atoms with Gasteiger partial charge < -0.3 is 15.5 Å². The Morgan fingerprint density at radius 2 is 1.86 bits per heavy atom. The molecule has 2 aromatic carbocycles. The quantitative estimate of drug-likeness (QED) is 0.744. The summed E-state index contributed by atoms with van der Waals surface area (Å²) >= 11 is 3.49. The topological polar surface area (TPSA) is 64.7 Å². The third-order valence-corrected chi connectivity index (χ3v) is 6.46. The summed E-state index contributed by atoms with van der Waals surface area (Å²) in [5.41, 5.74) is 3.30. The molecular formula is C22H25BrN4O2. The number of carbonyl (C=O) groups is 2. The van der Waals surface area contributed by atoms with Crippen LogP contribution < -0.4 is 20.4 Å². The second-order valence-corrected chi connectivity index (χ2v) is 8.77. The molecule has 2 aromatic rings. The number of carbonyl (C=O) groups excluding carboxylic acids is 2. The van der Waals surface area contributed by atoms with E-state index in [1.165, 1.54) is 0 Å². The first kappa shape index (κ1) is 19.9. The van der Waals surface area contributed by atoms with Gasteiger partial charge in [0.25, 0.3) is 5.91 Å². The molecule has 152 valence electrons. The molecule has 0 aliphatic carbocycles. The smallest absolute Gasteiger partial charge is 0.254 e. The Morgan fingerprint density at radius 1 is 1.14 bits per heavy atom. The third-order valence-electron chi connectivity index (χ3n) is 5.80. The fraction of sp³-hybridized carbons (Fsp3) is 0.364. The monoisotopic (exact) mass is 456 g/mol. The molecule has 0 aromatic heterocycles. The van der Waals surface area contributed by atoms with Crippen LogP contribution >= 0.6 is 15.9 Å². The molecule has 2 aliphatic heterocycles. The fourth-order valence-corrected chi connectivity index (χ4v) is 4.68. The maximum atomic E-state index is 13.5. The zero-order valence-electron chi connectivity index (χ0n) is 16.9. The van der Waals surface area contributed by atoms with Crippen LogP contribution in [0.4, 0.5) is 17.1 Å². The van der Waals surface area contributed by atoms with Gasteiger partial charge in [0.15, 0.2) is 0 Å². The maximum absolute atomic E-state index is 13.5. The van der Waals surface area contributed by atoms with E-state index in [4.69, 9.17) is 0 Å². The third kappa shape index (κ3) is 3.22. The van der Waals surface area contributed by atoms with Crippen LogP contribution in [-0.4, -0.2) is 45.0 Å². The number of amides is 2. The highest BCUT2D eigenvalue weighted by molar-refractivity contribution is 9.10. The van der Waals surface area contributed by atoms with E-state index in [1.54, 1.807) is 11.9 Å². The summed E-state index contributed by atoms with van der Waals surface area (Å²) in [5, 5.41) is 6.05. The first-order valence-electron chi connectivity index (χ1n) is 9.81. The van der Waals surface area contributed by atoms with Crippen molar-refractivity contribution in [2.45, 2.75) is 19.3 Å². The van der Waals surface area contributed by atoms with Gasteiger partial charge >= 0.3 is 0 Å². The molecule has 29 heavy (non-hydrogen) atoms. The Balaban J connectivity index is 1.88. The molecule has 0 saturated carbocycles. The Kier molecular flexibility index (Phi) is 5.12. The number of nitrogens with zero attached hydrogens (tertiary/aromatic N) is 2. The number of benzene rings is 2. The predicted molar refractivity (Wildman–Crippen MR) is 119 cm³/mol. The number of halogens is 1. The van der Waals surface area contributed by atoms with Crippen molar-refractivity contribution in [3.05, 3.63) is 52.0 Å². The summed E-state index contributed by atoms with van der Waals surface area (Å²) in [6.07, 6.45) is 0. The summed E-state index contributed by atoms with van der Waals surface area (Å²) in [6.45, 7) is 7.62. The number of hydrogen-bond acceptors (Lipinski definition) is 4. The Hall–Kier alpha value is -2.38. The van der Waals surface area contributed by atoms with Gasteiger partial charge in [-0.15, -0.1) is 0 Å². The molecule has 1 saturated heterocycles. The average molecular weight is 457 g/mol. The summed E-state index contributed by atoms with van der Waals surface area (Å²) in [4.78, 5) is 30.1. The standard InChI is InChI=1S/C22H25BrN4O2/c1-22(2)15-8-7-14(26-11-9-25-10-12-26)13-18(15)27(21(22)29)17-6-4-5-16(23)19(17)20(28)24-3/h4-8,13,25H,9-12H2,1-3H3,(H,24,28). The lowest BCUT2D eigenvalue weighted by molar-refractivity contribution is -0.121. The number of nitrogens with one attached hydrogen (secondary N) is 2. The SMILES string of the molecule is CNC(=O)c1c(Br)cccc1N1C(=O)C(C)(C)c2ccc(N3CCNCC3)cc21. The Morgan fingerprint density at radius 3 is 2.55 bits per heavy atom. The molecule has 2 heterocycles. The van der Waals surface area contributed by atoms with Gasteiger partial charge in [-0.3, -0.25) is 14.5 Å². The van der Waals surface area contributed by atoms with Crippen molar-refractivity contribution in [1.82, 2.24) is 10.6 Å². The van der Waals surface area contributed by atoms with Gasteiger partial charge in [-0.25, -0.2) is 0 Å². The zero-order chi connectivity index (χ0) is 20.8. The van der Waals surface area contributed by atoms with Crippen molar-refractivity contribution < 1.29 is 9.59 Å². The molecule has 6 nitrogen and oxygen atoms in total. The molecular weight excluding hydrogens is 432 g/mol. The summed E-state index contributed by atoms with van der Waals surface area (Å²) in [6, 6.07) is 11.7. The van der Waals surface area contributed by atoms with Gasteiger partial charge in [0.2, 0.25) is 5.91 Å². The van der Waals surface area contributed by atoms with Crippen molar-refractivity contribution in [2.24, 2.45) is 0 Å². The highest BCUT2D eigenvalue weighted by Gasteiger charge is 2.45. The van der Waals surface area contributed by atoms with Gasteiger partial charge in [0.05, 0.1) is 22.4 Å². The lowest BCUT2D eigenvalue weighted by Gasteiger charge is -2.30. The number of piperazine rings is 1. The van der Waals surface area contributed by atoms with Gasteiger partial charge in [0.1, 0.15) is 0 Å². The molecule has 2 N–H and O–H groups in total. The lowest BCUT2D eigenvalue weighted by atomic mass is 9.86. The fourth-order valence-electron chi connectivity index (χ4n) is 4.15. The van der Waals surface area contributed by atoms with E-state index in [2.05, 4.69) is 49.7 Å². The van der Waals surface area contributed by atoms with E-state index in [9.17, 15) is 9.59 Å². The second-order valence-electron chi connectivity index (χ2n) is 7.92. The van der Waals surface area contributed by atoms with Crippen molar-refractivity contribution in [1.29, 1.82) is 0 Å². The van der Waals surface area contributed by atoms with Crippen LogP contribution in [0.25, 0.3) is 0 Å². The highest BCUT2D eigenvalue weighted by Crippen LogP contribution is 2.48. The summed E-state index contributed by atoms with van der Waals surface area (Å²) in [5.74, 6) is -0.266. The summed E-state index contributed by atoms with van der Waals surface area (Å²) in [7, 11) is 1.59. The minimum atomic E-state index is -0.667. The minimum absolute atomic E-state index is 0.0341. The Labute approximate surface area is 179 Å². The normalized spacial score (nSPS) is 18.0. The van der Waals surface area contributed by atoms with E-state index in [0.717, 1.165) is 43.1 Å². The van der Waals surface area contributed by atoms with Crippen LogP contribution in [0.2, 0.25) is 0 Å². The van der Waals surface area contributed by atoms with E-state index in [0.29, 0.717) is 15.7 Å². The highest BCUT2D eigenvalue weighted by atomic mass is 79.9. The van der Waals surface area contributed by atoms with Crippen molar-refractivity contribution >= 4 is 44.8 Å². The first-order chi connectivity index (χ1) is 13.9. The maximum Gasteiger partial charge on any atom is 0.254 e. The van der Waals surface area contributed by atoms with Crippen LogP contribution in [0.5, 0.6) is 0 Å². The number of fused-ring (bicyclic) bond motifs is 1. The van der Waals surface area contributed by atoms with Crippen LogP contribution in [0, 0.1) is 0 Å². The van der Waals surface area contributed by atoms with E-state index in [-0.39, 0.29) is 11.8 Å². The molecule has 0 radical (unpaired) electrons. The largest absolute Gasteiger partial charge is 0.369 e. The van der Waals surface area contributed by atoms with Crippen LogP contribution in [0.3, 0.4) is 0 Å². The van der Waals surface area contributed by atoms with Gasteiger partial charge in [0, 0.05) is 43.4 Å². The van der Waals surface area contributed by atoms with Crippen molar-refractivity contribution in [3.8, 4) is 0 Å². The van der Waals surface area contributed by atoms with E-state index in [1.807, 2.05) is 32.0 Å². The van der Waals surface area contributed by atoms with Crippen LogP contribution in [-0.2, 0) is 10.2 Å². The minimum Gasteiger partial charge on any atom is -0.369 e. The Bertz CT molecular complexity index is 983. The predicted octanol–water partition coefficient (Wildman–Crippen LogP) is 3.17. The second kappa shape index (κ2) is 7.46. The lowest BCUT2D eigenvalue weighted by Crippen LogP contribution is -2.43. The number of anilines is 3. The zero-order valence-corrected chi connectivity index (χ0v) is 18.5. The van der Waals surface area contributed by atoms with Gasteiger partial charge in [-0.2, -0.15) is 0 Å². The molecule has 1 fully saturated rings. The van der Waals surface area contributed by atoms with Gasteiger partial charge in [-0.05, 0) is 59.6 Å². The molecule has 4 rings (SSSR count). The number of rotatable bonds is 3. The summed E-state index contributed by atoms with van der Waals surface area (Å²) < 4.78 is 0.659. The molecule has 7 heteroatoms. The molecule has 0 bridgehead atoms. The molecule has 2 amide bonds. The average Bonchev–Trinajstić information content (AvgIpc) is 2.93. The molecule has 0 spiro atoms. The molecule has 0 unspecified atom stereocenters. The van der Waals surface area contributed by atoms with Gasteiger partial charge in [-0.1, -0.05) is 12.1 Å². The van der Waals surface area contributed by atoms with Crippen molar-refractivity contribution in [3.63, 3.8) is 0 Å². The van der Waals surface area contributed by atoms with Crippen molar-refractivity contribution in [2.75, 3.05) is 43.0 Å². The molecule has 2 aliphatic rings. The number of hydrogen-bond donors (Lipinski definition) is 2.